The smallest absolute Gasteiger partial charge is 0.250 e. The number of aromatic nitrogens is 2. The van der Waals surface area contributed by atoms with Crippen molar-refractivity contribution in [3.05, 3.63) is 89.6 Å². The number of benzene rings is 2. The molecule has 4 aromatic rings. The van der Waals surface area contributed by atoms with E-state index in [1.165, 1.54) is 17.6 Å². The molecule has 0 aliphatic heterocycles. The SMILES string of the molecule is Cc1cc(Nc2cc(NC(Cc3ccc(-c4cccnc4)cc3)C(N)=O)c(F)cc2C(N)=O)sn1. The van der Waals surface area contributed by atoms with Crippen molar-refractivity contribution >= 4 is 39.7 Å². The summed E-state index contributed by atoms with van der Waals surface area (Å²) >= 11 is 1.19. The van der Waals surface area contributed by atoms with E-state index in [1.54, 1.807) is 18.5 Å². The summed E-state index contributed by atoms with van der Waals surface area (Å²) < 4.78 is 19.1. The second-order valence-corrected chi connectivity index (χ2v) is 8.75. The molecule has 6 N–H and O–H groups in total. The highest BCUT2D eigenvalue weighted by Crippen LogP contribution is 2.30. The van der Waals surface area contributed by atoms with E-state index in [0.29, 0.717) is 5.00 Å². The molecule has 0 bridgehead atoms. The van der Waals surface area contributed by atoms with Gasteiger partial charge in [-0.2, -0.15) is 4.37 Å². The maximum atomic E-state index is 14.9. The van der Waals surface area contributed by atoms with Crippen LogP contribution in [0.4, 0.5) is 20.8 Å². The molecule has 2 aromatic heterocycles. The Balaban J connectivity index is 1.57. The number of nitrogens with two attached hydrogens (primary N) is 2. The topological polar surface area (TPSA) is 136 Å². The van der Waals surface area contributed by atoms with E-state index in [2.05, 4.69) is 20.0 Å². The van der Waals surface area contributed by atoms with Crippen LogP contribution in [-0.2, 0) is 11.2 Å². The number of aryl methyl sites for hydroxylation is 1. The third kappa shape index (κ3) is 5.79. The molecule has 35 heavy (non-hydrogen) atoms. The summed E-state index contributed by atoms with van der Waals surface area (Å²) in [4.78, 5) is 28.2. The quantitative estimate of drug-likeness (QED) is 0.280. The molecule has 2 heterocycles. The highest BCUT2D eigenvalue weighted by atomic mass is 32.1. The van der Waals surface area contributed by atoms with Crippen LogP contribution in [-0.4, -0.2) is 27.2 Å². The Morgan fingerprint density at radius 2 is 1.83 bits per heavy atom. The standard InChI is InChI=1S/C25H23FN6O2S/c1-14-9-23(35-32-14)31-20-12-21(19(26)11-18(20)24(27)33)30-22(25(28)34)10-15-4-6-16(7-5-15)17-3-2-8-29-13-17/h2-9,11-13,22,30-31H,10H2,1H3,(H2,27,33)(H2,28,34). The van der Waals surface area contributed by atoms with Gasteiger partial charge in [0.25, 0.3) is 5.91 Å². The largest absolute Gasteiger partial charge is 0.371 e. The number of hydrogen-bond acceptors (Lipinski definition) is 7. The van der Waals surface area contributed by atoms with E-state index < -0.39 is 23.7 Å². The highest BCUT2D eigenvalue weighted by Gasteiger charge is 2.21. The number of rotatable bonds is 9. The molecular weight excluding hydrogens is 467 g/mol. The van der Waals surface area contributed by atoms with Crippen molar-refractivity contribution in [3.63, 3.8) is 0 Å². The first-order chi connectivity index (χ1) is 16.8. The number of amides is 2. The average molecular weight is 491 g/mol. The van der Waals surface area contributed by atoms with E-state index >= 15 is 0 Å². The molecule has 0 saturated carbocycles. The van der Waals surface area contributed by atoms with Crippen LogP contribution in [0.5, 0.6) is 0 Å². The zero-order chi connectivity index (χ0) is 24.9. The lowest BCUT2D eigenvalue weighted by molar-refractivity contribution is -0.118. The molecule has 1 unspecified atom stereocenters. The van der Waals surface area contributed by atoms with Crippen molar-refractivity contribution in [2.24, 2.45) is 11.5 Å². The molecule has 10 heteroatoms. The van der Waals surface area contributed by atoms with Gasteiger partial charge in [0.05, 0.1) is 22.6 Å². The molecule has 2 aromatic carbocycles. The first kappa shape index (κ1) is 23.8. The number of nitrogens with zero attached hydrogens (tertiary/aromatic N) is 2. The van der Waals surface area contributed by atoms with Crippen molar-refractivity contribution in [1.29, 1.82) is 0 Å². The van der Waals surface area contributed by atoms with Gasteiger partial charge in [-0.15, -0.1) is 0 Å². The van der Waals surface area contributed by atoms with Gasteiger partial charge in [-0.05, 0) is 59.4 Å². The number of carbonyl (C=O) groups excluding carboxylic acids is 2. The number of primary amides is 2. The normalized spacial score (nSPS) is 11.6. The maximum Gasteiger partial charge on any atom is 0.250 e. The van der Waals surface area contributed by atoms with Crippen LogP contribution in [0.25, 0.3) is 11.1 Å². The molecule has 0 fully saturated rings. The summed E-state index contributed by atoms with van der Waals surface area (Å²) in [5.41, 5.74) is 14.9. The van der Waals surface area contributed by atoms with Gasteiger partial charge in [-0.25, -0.2) is 4.39 Å². The Bertz CT molecular complexity index is 1360. The summed E-state index contributed by atoms with van der Waals surface area (Å²) in [6.07, 6.45) is 3.70. The van der Waals surface area contributed by atoms with Crippen molar-refractivity contribution in [1.82, 2.24) is 9.36 Å². The van der Waals surface area contributed by atoms with Gasteiger partial charge in [0.15, 0.2) is 0 Å². The van der Waals surface area contributed by atoms with Gasteiger partial charge in [-0.1, -0.05) is 30.3 Å². The molecule has 0 aliphatic rings. The molecule has 0 aliphatic carbocycles. The number of anilines is 3. The fraction of sp³-hybridized carbons (Fsp3) is 0.120. The summed E-state index contributed by atoms with van der Waals surface area (Å²) in [6.45, 7) is 1.83. The first-order valence-corrected chi connectivity index (χ1v) is 11.5. The maximum absolute atomic E-state index is 14.9. The fourth-order valence-corrected chi connectivity index (χ4v) is 4.23. The third-order valence-corrected chi connectivity index (χ3v) is 6.12. The minimum Gasteiger partial charge on any atom is -0.371 e. The van der Waals surface area contributed by atoms with Crippen molar-refractivity contribution in [3.8, 4) is 11.1 Å². The molecule has 0 radical (unpaired) electrons. The Morgan fingerprint density at radius 1 is 1.06 bits per heavy atom. The second kappa shape index (κ2) is 10.3. The van der Waals surface area contributed by atoms with Gasteiger partial charge < -0.3 is 22.1 Å². The number of pyridine rings is 1. The minimum absolute atomic E-state index is 0.00881. The van der Waals surface area contributed by atoms with Gasteiger partial charge in [0.1, 0.15) is 16.9 Å². The monoisotopic (exact) mass is 490 g/mol. The predicted octanol–water partition coefficient (Wildman–Crippen LogP) is 4.00. The zero-order valence-corrected chi connectivity index (χ0v) is 19.6. The molecular formula is C25H23FN6O2S. The van der Waals surface area contributed by atoms with Gasteiger partial charge >= 0.3 is 0 Å². The summed E-state index contributed by atoms with van der Waals surface area (Å²) in [5.74, 6) is -2.17. The average Bonchev–Trinajstić information content (AvgIpc) is 3.25. The Morgan fingerprint density at radius 3 is 2.43 bits per heavy atom. The summed E-state index contributed by atoms with van der Waals surface area (Å²) in [5, 5.41) is 6.57. The Hall–Kier alpha value is -4.31. The predicted molar refractivity (Wildman–Crippen MR) is 135 cm³/mol. The first-order valence-electron chi connectivity index (χ1n) is 10.7. The number of hydrogen-bond donors (Lipinski definition) is 4. The molecule has 2 amide bonds. The van der Waals surface area contributed by atoms with E-state index in [9.17, 15) is 14.0 Å². The van der Waals surface area contributed by atoms with Crippen molar-refractivity contribution in [2.75, 3.05) is 10.6 Å². The van der Waals surface area contributed by atoms with Crippen LogP contribution in [0.3, 0.4) is 0 Å². The van der Waals surface area contributed by atoms with Gasteiger partial charge in [0, 0.05) is 18.8 Å². The van der Waals surface area contributed by atoms with Crippen LogP contribution in [0.2, 0.25) is 0 Å². The van der Waals surface area contributed by atoms with E-state index in [4.69, 9.17) is 11.5 Å². The summed E-state index contributed by atoms with van der Waals surface area (Å²) in [7, 11) is 0. The van der Waals surface area contributed by atoms with Crippen LogP contribution in [0.1, 0.15) is 21.6 Å². The third-order valence-electron chi connectivity index (χ3n) is 5.32. The zero-order valence-electron chi connectivity index (χ0n) is 18.8. The summed E-state index contributed by atoms with van der Waals surface area (Å²) in [6, 6.07) is 14.7. The van der Waals surface area contributed by atoms with Crippen LogP contribution in [0, 0.1) is 12.7 Å². The Kier molecular flexibility index (Phi) is 7.02. The lowest BCUT2D eigenvalue weighted by atomic mass is 10.0. The molecule has 0 saturated heterocycles. The number of carbonyl (C=O) groups is 2. The van der Waals surface area contributed by atoms with E-state index in [1.807, 2.05) is 43.3 Å². The lowest BCUT2D eigenvalue weighted by Gasteiger charge is -2.19. The van der Waals surface area contributed by atoms with E-state index in [-0.39, 0.29) is 23.4 Å². The number of nitrogens with one attached hydrogen (secondary N) is 2. The lowest BCUT2D eigenvalue weighted by Crippen LogP contribution is -2.37. The Labute approximate surface area is 205 Å². The molecule has 178 valence electrons. The molecule has 8 nitrogen and oxygen atoms in total. The second-order valence-electron chi connectivity index (χ2n) is 7.94. The van der Waals surface area contributed by atoms with E-state index in [0.717, 1.165) is 28.5 Å². The van der Waals surface area contributed by atoms with Gasteiger partial charge in [-0.3, -0.25) is 14.6 Å². The van der Waals surface area contributed by atoms with Crippen molar-refractivity contribution in [2.45, 2.75) is 19.4 Å². The molecule has 4 rings (SSSR count). The van der Waals surface area contributed by atoms with Crippen LogP contribution < -0.4 is 22.1 Å². The van der Waals surface area contributed by atoms with Crippen LogP contribution >= 0.6 is 11.5 Å². The minimum atomic E-state index is -0.897. The fourth-order valence-electron chi connectivity index (χ4n) is 3.56. The highest BCUT2D eigenvalue weighted by molar-refractivity contribution is 7.10. The van der Waals surface area contributed by atoms with Crippen LogP contribution in [0.15, 0.2) is 67.0 Å². The van der Waals surface area contributed by atoms with Crippen molar-refractivity contribution < 1.29 is 14.0 Å². The number of halogens is 1. The van der Waals surface area contributed by atoms with Gasteiger partial charge in [0.2, 0.25) is 5.91 Å². The molecule has 0 spiro atoms. The molecule has 1 atom stereocenters.